The molecule has 0 aliphatic heterocycles. The summed E-state index contributed by atoms with van der Waals surface area (Å²) in [4.78, 5) is 14.1. The number of benzene rings is 1. The summed E-state index contributed by atoms with van der Waals surface area (Å²) in [6.45, 7) is 5.88. The Balaban J connectivity index is 2.30. The van der Waals surface area contributed by atoms with Crippen molar-refractivity contribution in [1.29, 1.82) is 0 Å². The van der Waals surface area contributed by atoms with E-state index < -0.39 is 5.82 Å². The predicted molar refractivity (Wildman–Crippen MR) is 80.1 cm³/mol. The Morgan fingerprint density at radius 3 is 2.65 bits per heavy atom. The molecule has 1 aromatic carbocycles. The van der Waals surface area contributed by atoms with Crippen molar-refractivity contribution >= 4 is 11.6 Å². The van der Waals surface area contributed by atoms with Crippen molar-refractivity contribution < 1.29 is 9.18 Å². The molecular weight excluding hydrogens is 257 g/mol. The lowest BCUT2D eigenvalue weighted by Gasteiger charge is -2.20. The molecule has 0 aromatic heterocycles. The van der Waals surface area contributed by atoms with E-state index in [9.17, 15) is 9.18 Å². The zero-order chi connectivity index (χ0) is 15.1. The van der Waals surface area contributed by atoms with Gasteiger partial charge in [-0.25, -0.2) is 4.39 Å². The number of hydrogen-bond acceptors (Lipinski definition) is 3. The predicted octanol–water partition coefficient (Wildman–Crippen LogP) is 2.26. The molecule has 0 saturated carbocycles. The molecule has 0 radical (unpaired) electrons. The second-order valence-electron chi connectivity index (χ2n) is 5.31. The zero-order valence-corrected chi connectivity index (χ0v) is 12.4. The molecule has 0 spiro atoms. The third-order valence-electron chi connectivity index (χ3n) is 3.29. The van der Waals surface area contributed by atoms with Gasteiger partial charge in [-0.05, 0) is 58.5 Å². The largest absolute Gasteiger partial charge is 0.399 e. The maximum absolute atomic E-state index is 13.1. The van der Waals surface area contributed by atoms with Crippen LogP contribution in [0.25, 0.3) is 0 Å². The number of carbonyl (C=O) groups excluding carboxylic acids is 1. The second-order valence-corrected chi connectivity index (χ2v) is 5.31. The van der Waals surface area contributed by atoms with E-state index in [0.717, 1.165) is 19.4 Å². The molecule has 0 bridgehead atoms. The number of nitrogen functional groups attached to an aromatic ring is 1. The van der Waals surface area contributed by atoms with Gasteiger partial charge in [-0.1, -0.05) is 0 Å². The average molecular weight is 281 g/mol. The summed E-state index contributed by atoms with van der Waals surface area (Å²) in [7, 11) is 2.08. The first-order chi connectivity index (χ1) is 9.40. The molecule has 4 nitrogen and oxygen atoms in total. The lowest BCUT2D eigenvalue weighted by Crippen LogP contribution is -2.29. The summed E-state index contributed by atoms with van der Waals surface area (Å²) in [6, 6.07) is 4.39. The summed E-state index contributed by atoms with van der Waals surface area (Å²) in [5.74, 6) is -0.776. The smallest absolute Gasteiger partial charge is 0.251 e. The molecule has 20 heavy (non-hydrogen) atoms. The van der Waals surface area contributed by atoms with Gasteiger partial charge in [0.1, 0.15) is 5.82 Å². The maximum atomic E-state index is 13.1. The third kappa shape index (κ3) is 5.57. The van der Waals surface area contributed by atoms with Gasteiger partial charge in [-0.3, -0.25) is 4.79 Å². The van der Waals surface area contributed by atoms with Crippen molar-refractivity contribution in [1.82, 2.24) is 10.2 Å². The molecule has 5 heteroatoms. The first-order valence-corrected chi connectivity index (χ1v) is 6.94. The van der Waals surface area contributed by atoms with E-state index in [1.807, 2.05) is 0 Å². The minimum absolute atomic E-state index is 0.258. The minimum Gasteiger partial charge on any atom is -0.399 e. The Morgan fingerprint density at radius 1 is 1.35 bits per heavy atom. The van der Waals surface area contributed by atoms with Crippen LogP contribution in [0.4, 0.5) is 10.1 Å². The van der Waals surface area contributed by atoms with E-state index in [2.05, 4.69) is 31.1 Å². The molecule has 3 N–H and O–H groups in total. The van der Waals surface area contributed by atoms with E-state index >= 15 is 0 Å². The van der Waals surface area contributed by atoms with Crippen LogP contribution in [0.2, 0.25) is 0 Å². The summed E-state index contributed by atoms with van der Waals surface area (Å²) in [5.41, 5.74) is 6.03. The van der Waals surface area contributed by atoms with Crippen LogP contribution in [-0.2, 0) is 0 Å². The second kappa shape index (κ2) is 7.85. The summed E-state index contributed by atoms with van der Waals surface area (Å²) in [5, 5.41) is 2.78. The monoisotopic (exact) mass is 281 g/mol. The van der Waals surface area contributed by atoms with Crippen molar-refractivity contribution in [2.75, 3.05) is 25.9 Å². The average Bonchev–Trinajstić information content (AvgIpc) is 2.36. The minimum atomic E-state index is -0.492. The highest BCUT2D eigenvalue weighted by Gasteiger charge is 2.07. The van der Waals surface area contributed by atoms with E-state index in [4.69, 9.17) is 5.73 Å². The molecule has 0 aliphatic carbocycles. The Bertz CT molecular complexity index is 428. The van der Waals surface area contributed by atoms with Crippen LogP contribution >= 0.6 is 0 Å². The fraction of sp³-hybridized carbons (Fsp3) is 0.533. The Labute approximate surface area is 120 Å². The number of unbranched alkanes of at least 4 members (excludes halogenated alkanes) is 1. The topological polar surface area (TPSA) is 58.4 Å². The van der Waals surface area contributed by atoms with Crippen molar-refractivity contribution in [3.8, 4) is 0 Å². The molecule has 1 rings (SSSR count). The van der Waals surface area contributed by atoms with E-state index in [1.165, 1.54) is 18.2 Å². The van der Waals surface area contributed by atoms with Crippen LogP contribution in [0, 0.1) is 5.82 Å². The van der Waals surface area contributed by atoms with E-state index in [1.54, 1.807) is 0 Å². The number of halogens is 1. The molecular formula is C15H24FN3O. The molecule has 0 fully saturated rings. The first kappa shape index (κ1) is 16.4. The van der Waals surface area contributed by atoms with Gasteiger partial charge in [0, 0.05) is 23.8 Å². The van der Waals surface area contributed by atoms with Gasteiger partial charge in [-0.2, -0.15) is 0 Å². The van der Waals surface area contributed by atoms with Gasteiger partial charge in [0.2, 0.25) is 0 Å². The van der Waals surface area contributed by atoms with Gasteiger partial charge < -0.3 is 16.0 Å². The lowest BCUT2D eigenvalue weighted by molar-refractivity contribution is 0.0952. The molecule has 1 amide bonds. The molecule has 1 aromatic rings. The summed E-state index contributed by atoms with van der Waals surface area (Å²) in [6.07, 6.45) is 1.91. The third-order valence-corrected chi connectivity index (χ3v) is 3.29. The maximum Gasteiger partial charge on any atom is 0.251 e. The highest BCUT2D eigenvalue weighted by atomic mass is 19.1. The van der Waals surface area contributed by atoms with Crippen LogP contribution < -0.4 is 11.1 Å². The molecule has 0 saturated heterocycles. The first-order valence-electron chi connectivity index (χ1n) is 6.94. The number of nitrogens with one attached hydrogen (secondary N) is 1. The SMILES string of the molecule is CC(C)N(C)CCCCNC(=O)c1cc(N)cc(F)c1. The number of amides is 1. The van der Waals surface area contributed by atoms with Gasteiger partial charge in [0.25, 0.3) is 5.91 Å². The summed E-state index contributed by atoms with van der Waals surface area (Å²) < 4.78 is 13.1. The lowest BCUT2D eigenvalue weighted by atomic mass is 10.2. The van der Waals surface area contributed by atoms with Crippen molar-refractivity contribution in [3.63, 3.8) is 0 Å². The van der Waals surface area contributed by atoms with Crippen LogP contribution in [0.5, 0.6) is 0 Å². The number of nitrogens with two attached hydrogens (primary N) is 1. The number of carbonyl (C=O) groups is 1. The molecule has 0 unspecified atom stereocenters. The van der Waals surface area contributed by atoms with Gasteiger partial charge in [-0.15, -0.1) is 0 Å². The highest BCUT2D eigenvalue weighted by molar-refractivity contribution is 5.95. The van der Waals surface area contributed by atoms with Crippen LogP contribution in [0.3, 0.4) is 0 Å². The molecule has 0 aliphatic rings. The Morgan fingerprint density at radius 2 is 2.05 bits per heavy atom. The highest BCUT2D eigenvalue weighted by Crippen LogP contribution is 2.10. The fourth-order valence-electron chi connectivity index (χ4n) is 1.79. The molecule has 112 valence electrons. The van der Waals surface area contributed by atoms with Crippen LogP contribution in [-0.4, -0.2) is 37.0 Å². The standard InChI is InChI=1S/C15H24FN3O/c1-11(2)19(3)7-5-4-6-18-15(20)12-8-13(16)10-14(17)9-12/h8-11H,4-7,17H2,1-3H3,(H,18,20). The van der Waals surface area contributed by atoms with Crippen molar-refractivity contribution in [2.24, 2.45) is 0 Å². The number of anilines is 1. The van der Waals surface area contributed by atoms with Gasteiger partial charge in [0.05, 0.1) is 0 Å². The molecule has 0 heterocycles. The van der Waals surface area contributed by atoms with Gasteiger partial charge in [0.15, 0.2) is 0 Å². The summed E-state index contributed by atoms with van der Waals surface area (Å²) >= 11 is 0. The zero-order valence-electron chi connectivity index (χ0n) is 12.4. The Hall–Kier alpha value is -1.62. The van der Waals surface area contributed by atoms with Crippen molar-refractivity contribution in [2.45, 2.75) is 32.7 Å². The van der Waals surface area contributed by atoms with Gasteiger partial charge >= 0.3 is 0 Å². The van der Waals surface area contributed by atoms with Crippen LogP contribution in [0.15, 0.2) is 18.2 Å². The quantitative estimate of drug-likeness (QED) is 0.595. The number of hydrogen-bond donors (Lipinski definition) is 2. The normalized spacial score (nSPS) is 11.1. The van der Waals surface area contributed by atoms with Crippen molar-refractivity contribution in [3.05, 3.63) is 29.6 Å². The number of rotatable bonds is 7. The van der Waals surface area contributed by atoms with E-state index in [0.29, 0.717) is 12.6 Å². The molecule has 0 atom stereocenters. The van der Waals surface area contributed by atoms with E-state index in [-0.39, 0.29) is 17.2 Å². The van der Waals surface area contributed by atoms with Crippen LogP contribution in [0.1, 0.15) is 37.0 Å². The Kier molecular flexibility index (Phi) is 6.45. The fourth-order valence-corrected chi connectivity index (χ4v) is 1.79. The number of nitrogens with zero attached hydrogens (tertiary/aromatic N) is 1.